The largest absolute Gasteiger partial charge is 0.478 e. The fourth-order valence-electron chi connectivity index (χ4n) is 5.94. The van der Waals surface area contributed by atoms with Crippen LogP contribution in [0.4, 0.5) is 5.69 Å². The maximum Gasteiger partial charge on any atom is 0.335 e. The number of aromatic carboxylic acids is 1. The van der Waals surface area contributed by atoms with Gasteiger partial charge in [-0.2, -0.15) is 0 Å². The zero-order valence-corrected chi connectivity index (χ0v) is 18.9. The van der Waals surface area contributed by atoms with E-state index in [1.807, 2.05) is 12.1 Å². The van der Waals surface area contributed by atoms with Gasteiger partial charge in [-0.3, -0.25) is 4.90 Å². The highest BCUT2D eigenvalue weighted by Crippen LogP contribution is 2.54. The molecule has 30 heavy (non-hydrogen) atoms. The van der Waals surface area contributed by atoms with Crippen LogP contribution >= 0.6 is 15.9 Å². The lowest BCUT2D eigenvalue weighted by Crippen LogP contribution is -2.54. The maximum absolute atomic E-state index is 11.1. The summed E-state index contributed by atoms with van der Waals surface area (Å²) in [5, 5.41) is 9.10. The van der Waals surface area contributed by atoms with Gasteiger partial charge in [0.25, 0.3) is 0 Å². The van der Waals surface area contributed by atoms with Crippen molar-refractivity contribution >= 4 is 27.6 Å². The molecule has 2 heterocycles. The SMILES string of the molecule is O=C(O)c1ccc(N2CCC3(CC2)CC(N2CCC[C@H]2c2ccccc2Br)C3)cc1. The van der Waals surface area contributed by atoms with Crippen LogP contribution in [0, 0.1) is 5.41 Å². The minimum atomic E-state index is -0.859. The normalized spacial score (nSPS) is 24.2. The second-order valence-electron chi connectivity index (χ2n) is 9.32. The molecule has 2 aromatic carbocycles. The van der Waals surface area contributed by atoms with E-state index in [1.165, 1.54) is 55.1 Å². The summed E-state index contributed by atoms with van der Waals surface area (Å²) in [7, 11) is 0. The highest BCUT2D eigenvalue weighted by atomic mass is 79.9. The molecule has 5 heteroatoms. The number of anilines is 1. The molecule has 5 rings (SSSR count). The first-order chi connectivity index (χ1) is 14.5. The van der Waals surface area contributed by atoms with Crippen LogP contribution in [-0.2, 0) is 0 Å². The number of benzene rings is 2. The summed E-state index contributed by atoms with van der Waals surface area (Å²) >= 11 is 3.77. The Hall–Kier alpha value is -1.85. The summed E-state index contributed by atoms with van der Waals surface area (Å²) in [6, 6.07) is 17.4. The quantitative estimate of drug-likeness (QED) is 0.621. The van der Waals surface area contributed by atoms with E-state index in [2.05, 4.69) is 50.0 Å². The number of halogens is 1. The average molecular weight is 469 g/mol. The van der Waals surface area contributed by atoms with E-state index in [4.69, 9.17) is 5.11 Å². The van der Waals surface area contributed by atoms with Gasteiger partial charge in [-0.1, -0.05) is 34.1 Å². The predicted molar refractivity (Wildman–Crippen MR) is 123 cm³/mol. The summed E-state index contributed by atoms with van der Waals surface area (Å²) < 4.78 is 1.25. The third kappa shape index (κ3) is 3.67. The van der Waals surface area contributed by atoms with Gasteiger partial charge in [0.1, 0.15) is 0 Å². The standard InChI is InChI=1S/C25H29BrN2O2/c26-22-5-2-1-4-21(22)23-6-3-13-28(23)20-16-25(17-20)11-14-27(15-12-25)19-9-7-18(8-10-19)24(29)30/h1-2,4-5,7-10,20,23H,3,6,11-17H2,(H,29,30)/t23-/m0/s1. The van der Waals surface area contributed by atoms with E-state index in [0.717, 1.165) is 24.8 Å². The van der Waals surface area contributed by atoms with Gasteiger partial charge in [-0.15, -0.1) is 0 Å². The van der Waals surface area contributed by atoms with Crippen LogP contribution in [0.25, 0.3) is 0 Å². The smallest absolute Gasteiger partial charge is 0.335 e. The van der Waals surface area contributed by atoms with Gasteiger partial charge < -0.3 is 10.0 Å². The van der Waals surface area contributed by atoms with Crippen LogP contribution in [-0.4, -0.2) is 41.7 Å². The van der Waals surface area contributed by atoms with Crippen LogP contribution < -0.4 is 4.90 Å². The van der Waals surface area contributed by atoms with E-state index in [-0.39, 0.29) is 0 Å². The van der Waals surface area contributed by atoms with Crippen LogP contribution in [0.5, 0.6) is 0 Å². The van der Waals surface area contributed by atoms with Crippen LogP contribution in [0.3, 0.4) is 0 Å². The van der Waals surface area contributed by atoms with Crippen molar-refractivity contribution < 1.29 is 9.90 Å². The van der Waals surface area contributed by atoms with Crippen molar-refractivity contribution in [3.8, 4) is 0 Å². The van der Waals surface area contributed by atoms with E-state index in [9.17, 15) is 4.79 Å². The molecule has 0 unspecified atom stereocenters. The molecular formula is C25H29BrN2O2. The molecule has 1 aliphatic carbocycles. The van der Waals surface area contributed by atoms with Gasteiger partial charge in [0.2, 0.25) is 0 Å². The summed E-state index contributed by atoms with van der Waals surface area (Å²) in [4.78, 5) is 16.3. The van der Waals surface area contributed by atoms with Crippen molar-refractivity contribution in [2.45, 2.75) is 50.6 Å². The first-order valence-electron chi connectivity index (χ1n) is 11.1. The van der Waals surface area contributed by atoms with E-state index in [1.54, 1.807) is 12.1 Å². The van der Waals surface area contributed by atoms with Crippen molar-refractivity contribution in [2.24, 2.45) is 5.41 Å². The van der Waals surface area contributed by atoms with E-state index in [0.29, 0.717) is 17.0 Å². The minimum absolute atomic E-state index is 0.360. The molecule has 158 valence electrons. The number of hydrogen-bond donors (Lipinski definition) is 1. The van der Waals surface area contributed by atoms with Gasteiger partial charge in [-0.25, -0.2) is 4.79 Å². The topological polar surface area (TPSA) is 43.8 Å². The van der Waals surface area contributed by atoms with Gasteiger partial charge in [-0.05, 0) is 86.4 Å². The lowest BCUT2D eigenvalue weighted by molar-refractivity contribution is -0.0227. The highest BCUT2D eigenvalue weighted by Gasteiger charge is 2.49. The highest BCUT2D eigenvalue weighted by molar-refractivity contribution is 9.10. The number of likely N-dealkylation sites (tertiary alicyclic amines) is 1. The molecule has 1 saturated carbocycles. The molecule has 0 amide bonds. The Morgan fingerprint density at radius 1 is 1.00 bits per heavy atom. The zero-order valence-electron chi connectivity index (χ0n) is 17.3. The number of carboxylic acid groups (broad SMARTS) is 1. The molecule has 0 radical (unpaired) electrons. The molecule has 3 fully saturated rings. The summed E-state index contributed by atoms with van der Waals surface area (Å²) in [5.41, 5.74) is 3.48. The summed E-state index contributed by atoms with van der Waals surface area (Å²) in [6.45, 7) is 3.38. The van der Waals surface area contributed by atoms with E-state index < -0.39 is 5.97 Å². The molecule has 0 aromatic heterocycles. The van der Waals surface area contributed by atoms with Crippen molar-refractivity contribution in [1.29, 1.82) is 0 Å². The second-order valence-corrected chi connectivity index (χ2v) is 10.2. The van der Waals surface area contributed by atoms with Crippen LogP contribution in [0.1, 0.15) is 60.5 Å². The lowest BCUT2D eigenvalue weighted by atomic mass is 9.60. The number of carboxylic acids is 1. The third-order valence-corrected chi connectivity index (χ3v) is 8.39. The molecule has 0 bridgehead atoms. The third-order valence-electron chi connectivity index (χ3n) is 7.67. The maximum atomic E-state index is 11.1. The summed E-state index contributed by atoms with van der Waals surface area (Å²) in [6.07, 6.45) is 7.73. The first kappa shape index (κ1) is 20.1. The molecule has 1 spiro atoms. The lowest BCUT2D eigenvalue weighted by Gasteiger charge is -2.56. The van der Waals surface area contributed by atoms with Crippen molar-refractivity contribution in [1.82, 2.24) is 4.90 Å². The first-order valence-corrected chi connectivity index (χ1v) is 11.9. The number of hydrogen-bond acceptors (Lipinski definition) is 3. The Bertz CT molecular complexity index is 913. The monoisotopic (exact) mass is 468 g/mol. The number of rotatable bonds is 4. The van der Waals surface area contributed by atoms with Gasteiger partial charge >= 0.3 is 5.97 Å². The fourth-order valence-corrected chi connectivity index (χ4v) is 6.49. The Morgan fingerprint density at radius 2 is 1.70 bits per heavy atom. The van der Waals surface area contributed by atoms with Gasteiger partial charge in [0.05, 0.1) is 5.56 Å². The zero-order chi connectivity index (χ0) is 20.7. The second kappa shape index (κ2) is 8.01. The van der Waals surface area contributed by atoms with Gasteiger partial charge in [0, 0.05) is 35.3 Å². The molecule has 2 aliphatic heterocycles. The fraction of sp³-hybridized carbons (Fsp3) is 0.480. The number of nitrogens with zero attached hydrogens (tertiary/aromatic N) is 2. The van der Waals surface area contributed by atoms with Crippen molar-refractivity contribution in [2.75, 3.05) is 24.5 Å². The molecular weight excluding hydrogens is 440 g/mol. The minimum Gasteiger partial charge on any atom is -0.478 e. The number of carbonyl (C=O) groups is 1. The van der Waals surface area contributed by atoms with Crippen LogP contribution in [0.15, 0.2) is 53.0 Å². The van der Waals surface area contributed by atoms with E-state index >= 15 is 0 Å². The van der Waals surface area contributed by atoms with Crippen molar-refractivity contribution in [3.05, 3.63) is 64.1 Å². The predicted octanol–water partition coefficient (Wildman–Crippen LogP) is 5.73. The molecule has 4 nitrogen and oxygen atoms in total. The molecule has 2 aromatic rings. The summed E-state index contributed by atoms with van der Waals surface area (Å²) in [5.74, 6) is -0.859. The number of piperidine rings is 1. The Kier molecular flexibility index (Phi) is 5.36. The average Bonchev–Trinajstić information content (AvgIpc) is 3.22. The Balaban J connectivity index is 1.19. The van der Waals surface area contributed by atoms with Crippen LogP contribution in [0.2, 0.25) is 0 Å². The molecule has 1 atom stereocenters. The molecule has 3 aliphatic rings. The molecule has 2 saturated heterocycles. The van der Waals surface area contributed by atoms with Crippen molar-refractivity contribution in [3.63, 3.8) is 0 Å². The Morgan fingerprint density at radius 3 is 2.37 bits per heavy atom. The molecule has 1 N–H and O–H groups in total. The Labute approximate surface area is 187 Å². The van der Waals surface area contributed by atoms with Gasteiger partial charge in [0.15, 0.2) is 0 Å².